The van der Waals surface area contributed by atoms with E-state index in [2.05, 4.69) is 6.92 Å². The average Bonchev–Trinajstić information content (AvgIpc) is 2.62. The molecule has 0 aromatic rings. The molecule has 0 heterocycles. The lowest BCUT2D eigenvalue weighted by Gasteiger charge is -2.18. The molecular formula is C10H16. The minimum atomic E-state index is 0.975. The maximum atomic E-state index is 2.33. The van der Waals surface area contributed by atoms with Gasteiger partial charge >= 0.3 is 0 Å². The van der Waals surface area contributed by atoms with E-state index in [0.717, 1.165) is 16.7 Å². The van der Waals surface area contributed by atoms with Crippen molar-refractivity contribution in [3.63, 3.8) is 0 Å². The zero-order valence-corrected chi connectivity index (χ0v) is 6.82. The molecule has 0 saturated heterocycles. The molecule has 3 aliphatic rings. The van der Waals surface area contributed by atoms with E-state index in [-0.39, 0.29) is 0 Å². The van der Waals surface area contributed by atoms with Crippen molar-refractivity contribution in [3.05, 3.63) is 0 Å². The van der Waals surface area contributed by atoms with Gasteiger partial charge in [-0.1, -0.05) is 19.8 Å². The average molecular weight is 136 g/mol. The van der Waals surface area contributed by atoms with E-state index in [9.17, 15) is 0 Å². The second-order valence-corrected chi connectivity index (χ2v) is 4.81. The van der Waals surface area contributed by atoms with Crippen molar-refractivity contribution >= 4 is 0 Å². The Hall–Kier alpha value is 0. The molecule has 1 unspecified atom stereocenters. The van der Waals surface area contributed by atoms with Gasteiger partial charge in [-0.25, -0.2) is 0 Å². The molecule has 3 rings (SSSR count). The first-order valence-corrected chi connectivity index (χ1v) is 4.83. The molecule has 0 N–H and O–H groups in total. The lowest BCUT2D eigenvalue weighted by Crippen LogP contribution is -2.07. The standard InChI is InChI=1S/C10H16/c1-2-3-8-4-5-9-6-10(8,9)7-9/h8H,2-7H2,1H3. The number of hydrogen-bond donors (Lipinski definition) is 0. The summed E-state index contributed by atoms with van der Waals surface area (Å²) >= 11 is 0. The molecule has 3 saturated carbocycles. The molecule has 0 bridgehead atoms. The maximum absolute atomic E-state index is 2.33. The van der Waals surface area contributed by atoms with Gasteiger partial charge in [-0.2, -0.15) is 0 Å². The van der Waals surface area contributed by atoms with E-state index >= 15 is 0 Å². The summed E-state index contributed by atoms with van der Waals surface area (Å²) in [7, 11) is 0. The van der Waals surface area contributed by atoms with Gasteiger partial charge in [-0.05, 0) is 42.4 Å². The third-order valence-electron chi connectivity index (χ3n) is 4.50. The molecule has 0 aromatic carbocycles. The van der Waals surface area contributed by atoms with Crippen molar-refractivity contribution in [1.29, 1.82) is 0 Å². The van der Waals surface area contributed by atoms with Gasteiger partial charge in [0, 0.05) is 0 Å². The van der Waals surface area contributed by atoms with E-state index in [1.54, 1.807) is 25.7 Å². The highest BCUT2D eigenvalue weighted by Crippen LogP contribution is 2.95. The second kappa shape index (κ2) is 1.31. The summed E-state index contributed by atoms with van der Waals surface area (Å²) in [4.78, 5) is 0. The van der Waals surface area contributed by atoms with Crippen molar-refractivity contribution in [2.75, 3.05) is 0 Å². The first-order chi connectivity index (χ1) is 4.83. The second-order valence-electron chi connectivity index (χ2n) is 4.81. The molecule has 0 aromatic heterocycles. The van der Waals surface area contributed by atoms with Gasteiger partial charge in [0.05, 0.1) is 0 Å². The monoisotopic (exact) mass is 136 g/mol. The van der Waals surface area contributed by atoms with E-state index in [4.69, 9.17) is 0 Å². The van der Waals surface area contributed by atoms with Gasteiger partial charge in [0.2, 0.25) is 0 Å². The predicted octanol–water partition coefficient (Wildman–Crippen LogP) is 2.98. The van der Waals surface area contributed by atoms with Crippen molar-refractivity contribution in [3.8, 4) is 0 Å². The summed E-state index contributed by atoms with van der Waals surface area (Å²) in [5.41, 5.74) is 1.95. The Morgan fingerprint density at radius 2 is 2.20 bits per heavy atom. The Bertz CT molecular complexity index is 174. The molecule has 1 atom stereocenters. The molecule has 10 heavy (non-hydrogen) atoms. The van der Waals surface area contributed by atoms with Gasteiger partial charge < -0.3 is 0 Å². The lowest BCUT2D eigenvalue weighted by molar-refractivity contribution is 0.324. The summed E-state index contributed by atoms with van der Waals surface area (Å²) in [5.74, 6) is 1.16. The van der Waals surface area contributed by atoms with Crippen LogP contribution in [0.3, 0.4) is 0 Å². The summed E-state index contributed by atoms with van der Waals surface area (Å²) in [6.45, 7) is 2.33. The van der Waals surface area contributed by atoms with Crippen LogP contribution < -0.4 is 0 Å². The third kappa shape index (κ3) is 0.383. The minimum Gasteiger partial charge on any atom is -0.0654 e. The molecule has 0 spiro atoms. The van der Waals surface area contributed by atoms with Crippen molar-refractivity contribution in [2.24, 2.45) is 16.7 Å². The van der Waals surface area contributed by atoms with E-state index in [1.165, 1.54) is 12.8 Å². The van der Waals surface area contributed by atoms with E-state index in [0.29, 0.717) is 0 Å². The third-order valence-corrected chi connectivity index (χ3v) is 4.50. The summed E-state index contributed by atoms with van der Waals surface area (Å²) < 4.78 is 0. The van der Waals surface area contributed by atoms with Gasteiger partial charge in [-0.15, -0.1) is 0 Å². The molecule has 3 fully saturated rings. The van der Waals surface area contributed by atoms with Gasteiger partial charge in [0.15, 0.2) is 0 Å². The van der Waals surface area contributed by atoms with Gasteiger partial charge in [-0.3, -0.25) is 0 Å². The number of rotatable bonds is 2. The fourth-order valence-corrected chi connectivity index (χ4v) is 3.71. The van der Waals surface area contributed by atoms with Crippen LogP contribution >= 0.6 is 0 Å². The zero-order valence-electron chi connectivity index (χ0n) is 6.82. The fourth-order valence-electron chi connectivity index (χ4n) is 3.71. The molecule has 0 radical (unpaired) electrons. The van der Waals surface area contributed by atoms with Crippen LogP contribution in [0.15, 0.2) is 0 Å². The summed E-state index contributed by atoms with van der Waals surface area (Å²) in [5, 5.41) is 0. The van der Waals surface area contributed by atoms with Crippen LogP contribution in [0.25, 0.3) is 0 Å². The Morgan fingerprint density at radius 1 is 1.40 bits per heavy atom. The molecule has 0 heteroatoms. The van der Waals surface area contributed by atoms with Crippen LogP contribution in [0.5, 0.6) is 0 Å². The van der Waals surface area contributed by atoms with Crippen LogP contribution in [0, 0.1) is 16.7 Å². The van der Waals surface area contributed by atoms with Crippen LogP contribution in [0.4, 0.5) is 0 Å². The SMILES string of the molecule is CCCC1CCC23CC12C3. The Labute approximate surface area is 63.0 Å². The number of hydrogen-bond acceptors (Lipinski definition) is 0. The Morgan fingerprint density at radius 3 is 2.60 bits per heavy atom. The highest BCUT2D eigenvalue weighted by molar-refractivity contribution is 5.35. The van der Waals surface area contributed by atoms with Crippen LogP contribution in [-0.4, -0.2) is 0 Å². The Balaban J connectivity index is 1.77. The highest BCUT2D eigenvalue weighted by Gasteiger charge is 2.86. The molecule has 0 nitrogen and oxygen atoms in total. The molecule has 0 aliphatic heterocycles. The zero-order chi connectivity index (χ0) is 6.82. The van der Waals surface area contributed by atoms with Crippen LogP contribution in [0.1, 0.15) is 45.4 Å². The minimum absolute atomic E-state index is 0.975. The fraction of sp³-hybridized carbons (Fsp3) is 1.00. The largest absolute Gasteiger partial charge is 0.0654 e. The van der Waals surface area contributed by atoms with E-state index in [1.807, 2.05) is 0 Å². The normalized spacial score (nSPS) is 61.5. The molecule has 56 valence electrons. The molecule has 0 amide bonds. The van der Waals surface area contributed by atoms with Crippen molar-refractivity contribution < 1.29 is 0 Å². The smallest absolute Gasteiger partial charge is 0.0201 e. The van der Waals surface area contributed by atoms with Crippen molar-refractivity contribution in [1.82, 2.24) is 0 Å². The van der Waals surface area contributed by atoms with Crippen LogP contribution in [-0.2, 0) is 0 Å². The van der Waals surface area contributed by atoms with E-state index < -0.39 is 0 Å². The van der Waals surface area contributed by atoms with Crippen molar-refractivity contribution in [2.45, 2.75) is 45.4 Å². The molecule has 3 aliphatic carbocycles. The maximum Gasteiger partial charge on any atom is -0.0201 e. The predicted molar refractivity (Wildman–Crippen MR) is 41.7 cm³/mol. The molecular weight excluding hydrogens is 120 g/mol. The quantitative estimate of drug-likeness (QED) is 0.547. The summed E-state index contributed by atoms with van der Waals surface area (Å²) in [6.07, 6.45) is 9.38. The Kier molecular flexibility index (Phi) is 0.735. The first-order valence-electron chi connectivity index (χ1n) is 4.83. The first kappa shape index (κ1) is 5.62. The summed E-state index contributed by atoms with van der Waals surface area (Å²) in [6, 6.07) is 0. The highest BCUT2D eigenvalue weighted by atomic mass is 14.9. The topological polar surface area (TPSA) is 0 Å². The van der Waals surface area contributed by atoms with Gasteiger partial charge in [0.25, 0.3) is 0 Å². The van der Waals surface area contributed by atoms with Crippen LogP contribution in [0.2, 0.25) is 0 Å². The van der Waals surface area contributed by atoms with Gasteiger partial charge in [0.1, 0.15) is 0 Å². The lowest BCUT2D eigenvalue weighted by atomic mass is 9.87.